The minimum absolute atomic E-state index is 0.579. The van der Waals surface area contributed by atoms with E-state index in [9.17, 15) is 0 Å². The summed E-state index contributed by atoms with van der Waals surface area (Å²) >= 11 is 11.6. The highest BCUT2D eigenvalue weighted by molar-refractivity contribution is 6.31. The molecule has 0 amide bonds. The van der Waals surface area contributed by atoms with Crippen molar-refractivity contribution in [2.75, 3.05) is 13.0 Å². The van der Waals surface area contributed by atoms with Crippen molar-refractivity contribution in [3.63, 3.8) is 0 Å². The molecule has 1 aromatic rings. The van der Waals surface area contributed by atoms with Crippen LogP contribution in [0.15, 0.2) is 12.1 Å². The van der Waals surface area contributed by atoms with E-state index in [1.54, 1.807) is 7.11 Å². The van der Waals surface area contributed by atoms with Gasteiger partial charge in [0.25, 0.3) is 0 Å². The summed E-state index contributed by atoms with van der Waals surface area (Å²) in [6.45, 7) is 1.95. The molecule has 0 heterocycles. The monoisotopic (exact) mass is 218 g/mol. The van der Waals surface area contributed by atoms with Crippen molar-refractivity contribution in [1.82, 2.24) is 0 Å². The van der Waals surface area contributed by atoms with Crippen LogP contribution in [-0.4, -0.2) is 13.0 Å². The average molecular weight is 219 g/mol. The van der Waals surface area contributed by atoms with Gasteiger partial charge in [-0.25, -0.2) is 0 Å². The molecule has 0 saturated heterocycles. The number of ether oxygens (including phenoxy) is 1. The van der Waals surface area contributed by atoms with E-state index in [-0.39, 0.29) is 0 Å². The van der Waals surface area contributed by atoms with Gasteiger partial charge in [0.2, 0.25) is 0 Å². The van der Waals surface area contributed by atoms with E-state index in [1.807, 2.05) is 19.1 Å². The molecule has 0 aromatic heterocycles. The molecule has 1 rings (SSSR count). The highest BCUT2D eigenvalue weighted by atomic mass is 35.5. The Labute approximate surface area is 88.6 Å². The highest BCUT2D eigenvalue weighted by Crippen LogP contribution is 2.26. The lowest BCUT2D eigenvalue weighted by Crippen LogP contribution is -1.94. The fraction of sp³-hybridized carbons (Fsp3) is 0.400. The zero-order valence-electron chi connectivity index (χ0n) is 7.73. The normalized spacial score (nSPS) is 10.2. The fourth-order valence-corrected chi connectivity index (χ4v) is 1.57. The van der Waals surface area contributed by atoms with Crippen LogP contribution in [0.25, 0.3) is 0 Å². The molecule has 1 aromatic carbocycles. The van der Waals surface area contributed by atoms with Crippen LogP contribution >= 0.6 is 23.2 Å². The first kappa shape index (κ1) is 10.7. The lowest BCUT2D eigenvalue weighted by atomic mass is 10.1. The van der Waals surface area contributed by atoms with Gasteiger partial charge in [0, 0.05) is 10.9 Å². The van der Waals surface area contributed by atoms with Gasteiger partial charge in [-0.05, 0) is 36.6 Å². The quantitative estimate of drug-likeness (QED) is 0.707. The molecule has 1 nitrogen and oxygen atoms in total. The zero-order chi connectivity index (χ0) is 9.84. The van der Waals surface area contributed by atoms with Gasteiger partial charge in [-0.15, -0.1) is 11.6 Å². The first-order valence-corrected chi connectivity index (χ1v) is 4.99. The first-order chi connectivity index (χ1) is 6.19. The second-order valence-corrected chi connectivity index (χ2v) is 3.64. The average Bonchev–Trinajstić information content (AvgIpc) is 2.11. The van der Waals surface area contributed by atoms with Gasteiger partial charge < -0.3 is 4.74 Å². The maximum atomic E-state index is 5.98. The Kier molecular flexibility index (Phi) is 3.89. The summed E-state index contributed by atoms with van der Waals surface area (Å²) in [4.78, 5) is 0. The molecule has 3 heteroatoms. The maximum absolute atomic E-state index is 5.98. The van der Waals surface area contributed by atoms with E-state index in [0.29, 0.717) is 5.88 Å². The first-order valence-electron chi connectivity index (χ1n) is 4.08. The molecule has 72 valence electrons. The molecular weight excluding hydrogens is 207 g/mol. The van der Waals surface area contributed by atoms with Gasteiger partial charge in [0.1, 0.15) is 5.75 Å². The number of rotatable bonds is 3. The molecule has 0 aliphatic carbocycles. The fourth-order valence-electron chi connectivity index (χ4n) is 1.18. The Bertz CT molecular complexity index is 297. The van der Waals surface area contributed by atoms with Gasteiger partial charge in [0.15, 0.2) is 0 Å². The summed E-state index contributed by atoms with van der Waals surface area (Å²) in [7, 11) is 1.65. The predicted octanol–water partition coefficient (Wildman–Crippen LogP) is 3.44. The molecule has 0 spiro atoms. The Morgan fingerprint density at radius 1 is 1.38 bits per heavy atom. The van der Waals surface area contributed by atoms with Crippen LogP contribution in [0.2, 0.25) is 5.02 Å². The van der Waals surface area contributed by atoms with Gasteiger partial charge in [-0.3, -0.25) is 0 Å². The van der Waals surface area contributed by atoms with Crippen LogP contribution in [0.5, 0.6) is 5.75 Å². The predicted molar refractivity (Wildman–Crippen MR) is 57.2 cm³/mol. The summed E-state index contributed by atoms with van der Waals surface area (Å²) in [6, 6.07) is 3.85. The number of hydrogen-bond donors (Lipinski definition) is 0. The van der Waals surface area contributed by atoms with Crippen molar-refractivity contribution in [2.24, 2.45) is 0 Å². The lowest BCUT2D eigenvalue weighted by Gasteiger charge is -2.09. The van der Waals surface area contributed by atoms with Crippen molar-refractivity contribution in [1.29, 1.82) is 0 Å². The number of methoxy groups -OCH3 is 1. The third kappa shape index (κ3) is 2.52. The molecule has 0 unspecified atom stereocenters. The molecule has 0 aliphatic rings. The number of benzene rings is 1. The topological polar surface area (TPSA) is 9.23 Å². The van der Waals surface area contributed by atoms with Crippen LogP contribution < -0.4 is 4.74 Å². The maximum Gasteiger partial charge on any atom is 0.122 e. The van der Waals surface area contributed by atoms with Gasteiger partial charge >= 0.3 is 0 Å². The Morgan fingerprint density at radius 2 is 2.08 bits per heavy atom. The van der Waals surface area contributed by atoms with Crippen LogP contribution in [-0.2, 0) is 6.42 Å². The van der Waals surface area contributed by atoms with E-state index >= 15 is 0 Å². The standard InChI is InChI=1S/C10H12Cl2O/c1-7-5-10(13-2)8(3-4-11)6-9(7)12/h5-6H,3-4H2,1-2H3. The molecule has 0 radical (unpaired) electrons. The molecule has 0 atom stereocenters. The molecule has 0 aliphatic heterocycles. The van der Waals surface area contributed by atoms with Crippen molar-refractivity contribution < 1.29 is 4.74 Å². The Morgan fingerprint density at radius 3 is 2.62 bits per heavy atom. The highest BCUT2D eigenvalue weighted by Gasteiger charge is 2.05. The third-order valence-corrected chi connectivity index (χ3v) is 2.52. The van der Waals surface area contributed by atoms with E-state index in [1.165, 1.54) is 0 Å². The smallest absolute Gasteiger partial charge is 0.122 e. The summed E-state index contributed by atoms with van der Waals surface area (Å²) in [5.74, 6) is 1.44. The molecule has 0 saturated carbocycles. The lowest BCUT2D eigenvalue weighted by molar-refractivity contribution is 0.410. The molecular formula is C10H12Cl2O. The number of aryl methyl sites for hydroxylation is 2. The summed E-state index contributed by atoms with van der Waals surface area (Å²) in [5, 5.41) is 0.765. The second-order valence-electron chi connectivity index (χ2n) is 2.85. The van der Waals surface area contributed by atoms with E-state index < -0.39 is 0 Å². The minimum atomic E-state index is 0.579. The number of alkyl halides is 1. The largest absolute Gasteiger partial charge is 0.496 e. The van der Waals surface area contributed by atoms with E-state index in [4.69, 9.17) is 27.9 Å². The third-order valence-electron chi connectivity index (χ3n) is 1.93. The van der Waals surface area contributed by atoms with Gasteiger partial charge in [-0.2, -0.15) is 0 Å². The second kappa shape index (κ2) is 4.73. The number of hydrogen-bond acceptors (Lipinski definition) is 1. The Hall–Kier alpha value is -0.400. The van der Waals surface area contributed by atoms with E-state index in [2.05, 4.69) is 0 Å². The van der Waals surface area contributed by atoms with Crippen LogP contribution in [0.1, 0.15) is 11.1 Å². The van der Waals surface area contributed by atoms with Gasteiger partial charge in [0.05, 0.1) is 7.11 Å². The van der Waals surface area contributed by atoms with Crippen molar-refractivity contribution in [3.8, 4) is 5.75 Å². The zero-order valence-corrected chi connectivity index (χ0v) is 9.24. The van der Waals surface area contributed by atoms with Crippen LogP contribution in [0.4, 0.5) is 0 Å². The van der Waals surface area contributed by atoms with Crippen molar-refractivity contribution in [3.05, 3.63) is 28.3 Å². The van der Waals surface area contributed by atoms with Crippen LogP contribution in [0, 0.1) is 6.92 Å². The van der Waals surface area contributed by atoms with Gasteiger partial charge in [-0.1, -0.05) is 11.6 Å². The number of halogens is 2. The van der Waals surface area contributed by atoms with E-state index in [0.717, 1.165) is 28.3 Å². The summed E-state index contributed by atoms with van der Waals surface area (Å²) in [6.07, 6.45) is 0.782. The van der Waals surface area contributed by atoms with Crippen molar-refractivity contribution in [2.45, 2.75) is 13.3 Å². The Balaban J connectivity index is 3.09. The molecule has 0 bridgehead atoms. The van der Waals surface area contributed by atoms with Crippen LogP contribution in [0.3, 0.4) is 0 Å². The molecule has 0 fully saturated rings. The summed E-state index contributed by atoms with van der Waals surface area (Å²) in [5.41, 5.74) is 2.09. The molecule has 13 heavy (non-hydrogen) atoms. The van der Waals surface area contributed by atoms with Crippen molar-refractivity contribution >= 4 is 23.2 Å². The SMILES string of the molecule is COc1cc(C)c(Cl)cc1CCCl. The minimum Gasteiger partial charge on any atom is -0.496 e. The molecule has 0 N–H and O–H groups in total. The summed E-state index contributed by atoms with van der Waals surface area (Å²) < 4.78 is 5.22.